The van der Waals surface area contributed by atoms with Crippen LogP contribution in [0.1, 0.15) is 58.3 Å². The number of Topliss-reactive ketones (excluding diaryl/α,β-unsaturated/α-hetero) is 1. The fourth-order valence-corrected chi connectivity index (χ4v) is 1.82. The topological polar surface area (TPSA) is 17.1 Å². The average Bonchev–Trinajstić information content (AvgIpc) is 2.08. The van der Waals surface area contributed by atoms with Gasteiger partial charge in [0, 0.05) is 6.42 Å². The van der Waals surface area contributed by atoms with Gasteiger partial charge in [0.15, 0.2) is 4.18 Å². The molecule has 1 nitrogen and oxygen atoms in total. The quantitative estimate of drug-likeness (QED) is 0.350. The van der Waals surface area contributed by atoms with Crippen molar-refractivity contribution < 1.29 is 9.18 Å². The second kappa shape index (κ2) is 9.87. The summed E-state index contributed by atoms with van der Waals surface area (Å²) in [6.07, 6.45) is 8.07. The molecule has 84 valence electrons. The molecule has 0 saturated carbocycles. The second-order valence-corrected chi connectivity index (χ2v) is 5.10. The molecule has 1 atom stereocenters. The van der Waals surface area contributed by atoms with Crippen LogP contribution in [0, 0.1) is 0 Å². The molecule has 0 rings (SSSR count). The SMILES string of the molecule is CC(=O)CCCCCCCC[C@H](F)I. The highest BCUT2D eigenvalue weighted by molar-refractivity contribution is 14.1. The summed E-state index contributed by atoms with van der Waals surface area (Å²) in [7, 11) is 0. The van der Waals surface area contributed by atoms with Crippen LogP contribution in [0.2, 0.25) is 0 Å². The van der Waals surface area contributed by atoms with Crippen LogP contribution in [0.4, 0.5) is 4.39 Å². The van der Waals surface area contributed by atoms with Crippen molar-refractivity contribution in [2.75, 3.05) is 0 Å². The van der Waals surface area contributed by atoms with Crippen LogP contribution in [-0.2, 0) is 4.79 Å². The van der Waals surface area contributed by atoms with Gasteiger partial charge in [0.2, 0.25) is 0 Å². The Hall–Kier alpha value is 0.330. The summed E-state index contributed by atoms with van der Waals surface area (Å²) in [5.41, 5.74) is 0. The van der Waals surface area contributed by atoms with Gasteiger partial charge in [-0.25, -0.2) is 4.39 Å². The maximum absolute atomic E-state index is 12.4. The highest BCUT2D eigenvalue weighted by Gasteiger charge is 1.99. The van der Waals surface area contributed by atoms with Crippen LogP contribution in [0.15, 0.2) is 0 Å². The third-order valence-electron chi connectivity index (χ3n) is 2.20. The van der Waals surface area contributed by atoms with Crippen LogP contribution >= 0.6 is 22.6 Å². The first kappa shape index (κ1) is 14.3. The number of hydrogen-bond acceptors (Lipinski definition) is 1. The number of hydrogen-bond donors (Lipinski definition) is 0. The monoisotopic (exact) mass is 314 g/mol. The first-order chi connectivity index (χ1) is 6.63. The molecule has 0 aliphatic carbocycles. The number of rotatable bonds is 9. The summed E-state index contributed by atoms with van der Waals surface area (Å²) in [6.45, 7) is 1.64. The van der Waals surface area contributed by atoms with Gasteiger partial charge in [-0.3, -0.25) is 0 Å². The van der Waals surface area contributed by atoms with Gasteiger partial charge < -0.3 is 4.79 Å². The minimum Gasteiger partial charge on any atom is -0.300 e. The van der Waals surface area contributed by atoms with Crippen molar-refractivity contribution in [2.45, 2.75) is 62.5 Å². The van der Waals surface area contributed by atoms with Crippen LogP contribution in [0.25, 0.3) is 0 Å². The minimum atomic E-state index is -0.676. The summed E-state index contributed by atoms with van der Waals surface area (Å²) in [6, 6.07) is 0. The number of unbranched alkanes of at least 4 members (excludes halogenated alkanes) is 5. The molecule has 0 N–H and O–H groups in total. The van der Waals surface area contributed by atoms with Gasteiger partial charge in [-0.2, -0.15) is 0 Å². The van der Waals surface area contributed by atoms with E-state index in [1.165, 1.54) is 12.8 Å². The molecule has 0 heterocycles. The maximum Gasteiger partial charge on any atom is 0.151 e. The number of carbonyl (C=O) groups is 1. The third kappa shape index (κ3) is 12.3. The molecule has 0 fully saturated rings. The predicted octanol–water partition coefficient (Wildman–Crippen LogP) is 4.43. The molecule has 0 bridgehead atoms. The van der Waals surface area contributed by atoms with Crippen molar-refractivity contribution in [3.05, 3.63) is 0 Å². The van der Waals surface area contributed by atoms with Gasteiger partial charge >= 0.3 is 0 Å². The lowest BCUT2D eigenvalue weighted by Gasteiger charge is -2.01. The van der Waals surface area contributed by atoms with E-state index in [4.69, 9.17) is 0 Å². The van der Waals surface area contributed by atoms with Crippen LogP contribution < -0.4 is 0 Å². The van der Waals surface area contributed by atoms with E-state index in [1.54, 1.807) is 6.92 Å². The van der Waals surface area contributed by atoms with Crippen molar-refractivity contribution in [2.24, 2.45) is 0 Å². The van der Waals surface area contributed by atoms with Crippen LogP contribution in [0.5, 0.6) is 0 Å². The standard InChI is InChI=1S/C11H20FIO/c1-10(14)8-6-4-2-3-5-7-9-11(12)13/h11H,2-9H2,1H3/t11-/m1/s1. The highest BCUT2D eigenvalue weighted by Crippen LogP contribution is 2.14. The van der Waals surface area contributed by atoms with E-state index in [1.807, 2.05) is 22.6 Å². The smallest absolute Gasteiger partial charge is 0.151 e. The van der Waals surface area contributed by atoms with E-state index in [0.29, 0.717) is 6.42 Å². The molecule has 14 heavy (non-hydrogen) atoms. The summed E-state index contributed by atoms with van der Waals surface area (Å²) in [5, 5.41) is 0. The second-order valence-electron chi connectivity index (χ2n) is 3.75. The Labute approximate surface area is 100.0 Å². The van der Waals surface area contributed by atoms with E-state index in [-0.39, 0.29) is 5.78 Å². The van der Waals surface area contributed by atoms with Crippen molar-refractivity contribution in [3.63, 3.8) is 0 Å². The molecular formula is C11H20FIO. The Morgan fingerprint density at radius 2 is 1.64 bits per heavy atom. The molecule has 0 spiro atoms. The number of carbonyl (C=O) groups excluding carboxylic acids is 1. The van der Waals surface area contributed by atoms with Gasteiger partial charge in [0.1, 0.15) is 5.78 Å². The Bertz CT molecular complexity index is 148. The molecule has 0 radical (unpaired) electrons. The Morgan fingerprint density at radius 1 is 1.14 bits per heavy atom. The zero-order valence-corrected chi connectivity index (χ0v) is 11.1. The Kier molecular flexibility index (Phi) is 10.1. The first-order valence-corrected chi connectivity index (χ1v) is 6.65. The first-order valence-electron chi connectivity index (χ1n) is 5.40. The number of halogens is 2. The zero-order chi connectivity index (χ0) is 10.8. The van der Waals surface area contributed by atoms with E-state index in [0.717, 1.165) is 32.1 Å². The van der Waals surface area contributed by atoms with E-state index >= 15 is 0 Å². The van der Waals surface area contributed by atoms with Gasteiger partial charge in [-0.1, -0.05) is 25.7 Å². The lowest BCUT2D eigenvalue weighted by atomic mass is 10.1. The minimum absolute atomic E-state index is 0.287. The molecule has 0 aromatic heterocycles. The summed E-state index contributed by atoms with van der Waals surface area (Å²) >= 11 is 1.82. The van der Waals surface area contributed by atoms with E-state index in [2.05, 4.69) is 0 Å². The number of alkyl halides is 2. The highest BCUT2D eigenvalue weighted by atomic mass is 127. The zero-order valence-electron chi connectivity index (χ0n) is 8.90. The molecular weight excluding hydrogens is 294 g/mol. The fourth-order valence-electron chi connectivity index (χ4n) is 1.38. The molecule has 0 aliphatic heterocycles. The largest absolute Gasteiger partial charge is 0.300 e. The van der Waals surface area contributed by atoms with E-state index in [9.17, 15) is 9.18 Å². The normalized spacial score (nSPS) is 12.8. The van der Waals surface area contributed by atoms with Crippen molar-refractivity contribution in [3.8, 4) is 0 Å². The third-order valence-corrected chi connectivity index (χ3v) is 2.82. The van der Waals surface area contributed by atoms with Crippen LogP contribution in [0.3, 0.4) is 0 Å². The van der Waals surface area contributed by atoms with Gasteiger partial charge in [0.25, 0.3) is 0 Å². The lowest BCUT2D eigenvalue weighted by Crippen LogP contribution is -1.90. The van der Waals surface area contributed by atoms with Gasteiger partial charge in [0.05, 0.1) is 0 Å². The molecule has 3 heteroatoms. The van der Waals surface area contributed by atoms with Gasteiger partial charge in [-0.05, 0) is 48.8 Å². The summed E-state index contributed by atoms with van der Waals surface area (Å²) in [5.74, 6) is 0.287. The molecule has 0 aliphatic rings. The average molecular weight is 314 g/mol. The summed E-state index contributed by atoms with van der Waals surface area (Å²) < 4.78 is 11.7. The summed E-state index contributed by atoms with van der Waals surface area (Å²) in [4.78, 5) is 10.6. The Balaban J connectivity index is 2.96. The van der Waals surface area contributed by atoms with Crippen molar-refractivity contribution in [1.82, 2.24) is 0 Å². The lowest BCUT2D eigenvalue weighted by molar-refractivity contribution is -0.117. The molecule has 0 unspecified atom stereocenters. The predicted molar refractivity (Wildman–Crippen MR) is 66.5 cm³/mol. The number of ketones is 1. The molecule has 0 aromatic carbocycles. The molecule has 0 aromatic rings. The molecule has 0 saturated heterocycles. The maximum atomic E-state index is 12.4. The molecule has 0 amide bonds. The Morgan fingerprint density at radius 3 is 2.14 bits per heavy atom. The van der Waals surface area contributed by atoms with Crippen LogP contribution in [-0.4, -0.2) is 9.96 Å². The fraction of sp³-hybridized carbons (Fsp3) is 0.909. The van der Waals surface area contributed by atoms with Gasteiger partial charge in [-0.15, -0.1) is 0 Å². The van der Waals surface area contributed by atoms with Crippen molar-refractivity contribution >= 4 is 28.4 Å². The van der Waals surface area contributed by atoms with E-state index < -0.39 is 4.18 Å². The van der Waals surface area contributed by atoms with Crippen molar-refractivity contribution in [1.29, 1.82) is 0 Å².